The fourth-order valence-corrected chi connectivity index (χ4v) is 7.02. The number of amides is 5. The van der Waals surface area contributed by atoms with Gasteiger partial charge in [0.05, 0.1) is 12.2 Å². The Bertz CT molecular complexity index is 1720. The number of nitrogens with zero attached hydrogens (tertiary/aromatic N) is 3. The van der Waals surface area contributed by atoms with E-state index >= 15 is 0 Å². The number of carboxylic acids is 1. The zero-order chi connectivity index (χ0) is 39.7. The highest BCUT2D eigenvalue weighted by molar-refractivity contribution is 6.38. The van der Waals surface area contributed by atoms with Crippen LogP contribution in [0.25, 0.3) is 0 Å². The molecule has 2 heterocycles. The Morgan fingerprint density at radius 3 is 2.17 bits per heavy atom. The second-order valence-corrected chi connectivity index (χ2v) is 14.5. The van der Waals surface area contributed by atoms with Crippen molar-refractivity contribution < 1.29 is 43.5 Å². The molecule has 1 aromatic carbocycles. The summed E-state index contributed by atoms with van der Waals surface area (Å²) in [5.41, 5.74) is 0.630. The van der Waals surface area contributed by atoms with Gasteiger partial charge in [-0.15, -0.1) is 0 Å². The molecule has 7 atom stereocenters. The summed E-state index contributed by atoms with van der Waals surface area (Å²) in [5.74, 6) is -8.40. The van der Waals surface area contributed by atoms with Gasteiger partial charge in [-0.05, 0) is 30.2 Å². The molecule has 290 valence electrons. The number of aromatic nitrogens is 2. The molecule has 0 spiro atoms. The van der Waals surface area contributed by atoms with Crippen molar-refractivity contribution in [3.05, 3.63) is 60.2 Å². The average Bonchev–Trinajstić information content (AvgIpc) is 3.71. The molecule has 1 aliphatic heterocycles. The molecule has 0 radical (unpaired) electrons. The third-order valence-electron chi connectivity index (χ3n) is 9.92. The number of rotatable bonds is 17. The lowest BCUT2D eigenvalue weighted by Crippen LogP contribution is -2.60. The number of fused-ring (bicyclic) bond motifs is 1. The van der Waals surface area contributed by atoms with E-state index in [1.54, 1.807) is 65.0 Å². The Labute approximate surface area is 313 Å². The molecule has 1 aliphatic carbocycles. The highest BCUT2D eigenvalue weighted by Crippen LogP contribution is 2.41. The van der Waals surface area contributed by atoms with Crippen molar-refractivity contribution in [2.45, 2.75) is 96.9 Å². The second kappa shape index (κ2) is 18.5. The van der Waals surface area contributed by atoms with E-state index < -0.39 is 95.2 Å². The summed E-state index contributed by atoms with van der Waals surface area (Å²) in [6.45, 7) is 8.52. The predicted octanol–water partition coefficient (Wildman–Crippen LogP) is 0.844. The molecule has 54 heavy (non-hydrogen) atoms. The van der Waals surface area contributed by atoms with Gasteiger partial charge in [-0.3, -0.25) is 38.5 Å². The van der Waals surface area contributed by atoms with Gasteiger partial charge < -0.3 is 31.3 Å². The van der Waals surface area contributed by atoms with Crippen molar-refractivity contribution in [1.29, 1.82) is 0 Å². The van der Waals surface area contributed by atoms with Gasteiger partial charge in [-0.2, -0.15) is 0 Å². The number of Topliss-reactive ketones (excluding diaryl/α,β-unsaturated/α-hetero) is 2. The number of likely N-dealkylation sites (tertiary alicyclic amines) is 1. The Hall–Kier alpha value is -5.54. The summed E-state index contributed by atoms with van der Waals surface area (Å²) < 4.78 is 0. The van der Waals surface area contributed by atoms with Gasteiger partial charge in [-0.25, -0.2) is 9.78 Å². The maximum atomic E-state index is 14.3. The number of hydrogen-bond acceptors (Lipinski definition) is 10. The SMILES string of the molecule is CCCC(NC(=O)[C@@H]1[C@H]2CCC(=O)[C@H]2CN1C(=O)[C@@H](NC(=O)[C@@H](NC(=O)c1cnccn1)C(C)C)C(C)C)C(=O)C(=O)N[C@@H](Cc1ccccc1)C(=O)O. The van der Waals surface area contributed by atoms with Gasteiger partial charge in [-0.1, -0.05) is 71.4 Å². The van der Waals surface area contributed by atoms with Crippen LogP contribution in [0.3, 0.4) is 0 Å². The molecular weight excluding hydrogens is 698 g/mol. The van der Waals surface area contributed by atoms with Crippen LogP contribution in [0.4, 0.5) is 0 Å². The molecule has 1 saturated heterocycles. The maximum absolute atomic E-state index is 14.3. The van der Waals surface area contributed by atoms with E-state index in [1.165, 1.54) is 23.5 Å². The lowest BCUT2D eigenvalue weighted by molar-refractivity contribution is -0.146. The highest BCUT2D eigenvalue weighted by Gasteiger charge is 2.54. The zero-order valence-electron chi connectivity index (χ0n) is 31.1. The van der Waals surface area contributed by atoms with Gasteiger partial charge in [0.2, 0.25) is 23.5 Å². The van der Waals surface area contributed by atoms with Crippen LogP contribution in [0.5, 0.6) is 0 Å². The molecule has 16 nitrogen and oxygen atoms in total. The van der Waals surface area contributed by atoms with Crippen molar-refractivity contribution in [2.24, 2.45) is 23.7 Å². The smallest absolute Gasteiger partial charge is 0.326 e. The molecule has 5 N–H and O–H groups in total. The quantitative estimate of drug-likeness (QED) is 0.142. The number of carbonyl (C=O) groups is 8. The molecule has 2 aromatic rings. The molecule has 1 aromatic heterocycles. The second-order valence-electron chi connectivity index (χ2n) is 14.5. The normalized spacial score (nSPS) is 20.0. The van der Waals surface area contributed by atoms with Gasteiger partial charge >= 0.3 is 5.97 Å². The number of nitrogens with one attached hydrogen (secondary N) is 4. The molecule has 2 aliphatic rings. The zero-order valence-corrected chi connectivity index (χ0v) is 31.1. The Kier molecular flexibility index (Phi) is 14.1. The fourth-order valence-electron chi connectivity index (χ4n) is 7.02. The number of benzene rings is 1. The van der Waals surface area contributed by atoms with E-state index in [0.29, 0.717) is 18.4 Å². The first-order valence-corrected chi connectivity index (χ1v) is 18.3. The third kappa shape index (κ3) is 9.90. The van der Waals surface area contributed by atoms with Crippen LogP contribution in [0, 0.1) is 23.7 Å². The van der Waals surface area contributed by atoms with Gasteiger partial charge in [0.25, 0.3) is 11.8 Å². The maximum Gasteiger partial charge on any atom is 0.326 e. The molecule has 4 rings (SSSR count). The van der Waals surface area contributed by atoms with E-state index in [2.05, 4.69) is 31.2 Å². The van der Waals surface area contributed by atoms with Gasteiger partial charge in [0.15, 0.2) is 0 Å². The number of aliphatic carboxylic acids is 1. The molecule has 1 saturated carbocycles. The highest BCUT2D eigenvalue weighted by atomic mass is 16.4. The van der Waals surface area contributed by atoms with Crippen LogP contribution >= 0.6 is 0 Å². The molecule has 5 amide bonds. The first kappa shape index (κ1) is 41.2. The van der Waals surface area contributed by atoms with E-state index in [0.717, 1.165) is 0 Å². The summed E-state index contributed by atoms with van der Waals surface area (Å²) in [6.07, 6.45) is 4.88. The van der Waals surface area contributed by atoms with Crippen LogP contribution < -0.4 is 21.3 Å². The average molecular weight is 748 g/mol. The number of ketones is 2. The fraction of sp³-hybridized carbons (Fsp3) is 0.526. The first-order chi connectivity index (χ1) is 25.6. The molecule has 1 unspecified atom stereocenters. The summed E-state index contributed by atoms with van der Waals surface area (Å²) in [5, 5.41) is 20.1. The molecule has 16 heteroatoms. The standard InChI is InChI=1S/C38H49N7O9/c1-6-10-25(32(47)36(51)42-26(38(53)54)17-22-11-8-7-9-12-22)41-35(50)31-23-13-14-28(46)24(23)19-45(31)37(52)30(21(4)5)44-34(49)29(20(2)3)43-33(48)27-18-39-15-16-40-27/h7-9,11-12,15-16,18,20-21,23-26,29-31H,6,10,13-14,17,19H2,1-5H3,(H,41,50)(H,42,51)(H,43,48)(H,44,49)(H,53,54)/t23-,24-,25?,26-,29-,30-,31-/m0/s1. The summed E-state index contributed by atoms with van der Waals surface area (Å²) >= 11 is 0. The molecule has 2 fully saturated rings. The largest absolute Gasteiger partial charge is 0.480 e. The number of carboxylic acid groups (broad SMARTS) is 1. The summed E-state index contributed by atoms with van der Waals surface area (Å²) in [7, 11) is 0. The van der Waals surface area contributed by atoms with Crippen LogP contribution in [0.15, 0.2) is 48.9 Å². The lowest BCUT2D eigenvalue weighted by Gasteiger charge is -2.33. The monoisotopic (exact) mass is 747 g/mol. The minimum Gasteiger partial charge on any atom is -0.480 e. The third-order valence-corrected chi connectivity index (χ3v) is 9.92. The van der Waals surface area contributed by atoms with Crippen LogP contribution in [0.2, 0.25) is 0 Å². The van der Waals surface area contributed by atoms with E-state index in [4.69, 9.17) is 0 Å². The minimum absolute atomic E-state index is 0.000733. The van der Waals surface area contributed by atoms with Crippen molar-refractivity contribution in [1.82, 2.24) is 36.1 Å². The Morgan fingerprint density at radius 1 is 0.889 bits per heavy atom. The number of carbonyl (C=O) groups excluding carboxylic acids is 7. The molecule has 0 bridgehead atoms. The summed E-state index contributed by atoms with van der Waals surface area (Å²) in [4.78, 5) is 116. The Morgan fingerprint density at radius 2 is 1.57 bits per heavy atom. The molecular formula is C38H49N7O9. The van der Waals surface area contributed by atoms with Crippen molar-refractivity contribution in [3.8, 4) is 0 Å². The van der Waals surface area contributed by atoms with Crippen molar-refractivity contribution >= 4 is 47.1 Å². The van der Waals surface area contributed by atoms with Crippen LogP contribution in [-0.2, 0) is 40.0 Å². The topological polar surface area (TPSA) is 234 Å². The minimum atomic E-state index is -1.41. The van der Waals surface area contributed by atoms with Gasteiger partial charge in [0, 0.05) is 43.6 Å². The Balaban J connectivity index is 1.52. The van der Waals surface area contributed by atoms with E-state index in [9.17, 15) is 43.5 Å². The predicted molar refractivity (Wildman–Crippen MR) is 193 cm³/mol. The van der Waals surface area contributed by atoms with Crippen LogP contribution in [-0.4, -0.2) is 104 Å². The van der Waals surface area contributed by atoms with Crippen molar-refractivity contribution in [2.75, 3.05) is 6.54 Å². The van der Waals surface area contributed by atoms with Gasteiger partial charge in [0.1, 0.15) is 35.6 Å². The lowest BCUT2D eigenvalue weighted by atomic mass is 9.92. The van der Waals surface area contributed by atoms with Crippen LogP contribution in [0.1, 0.15) is 76.4 Å². The van der Waals surface area contributed by atoms with E-state index in [1.807, 2.05) is 0 Å². The number of hydrogen-bond donors (Lipinski definition) is 5. The van der Waals surface area contributed by atoms with E-state index in [-0.39, 0.29) is 37.3 Å². The first-order valence-electron chi connectivity index (χ1n) is 18.3. The van der Waals surface area contributed by atoms with Crippen molar-refractivity contribution in [3.63, 3.8) is 0 Å². The summed E-state index contributed by atoms with van der Waals surface area (Å²) in [6, 6.07) is 2.42.